The van der Waals surface area contributed by atoms with Crippen LogP contribution in [0.3, 0.4) is 0 Å². The molecule has 0 aliphatic heterocycles. The van der Waals surface area contributed by atoms with Gasteiger partial charge in [0.1, 0.15) is 5.75 Å². The molecule has 3 aromatic rings. The zero-order chi connectivity index (χ0) is 20.8. The van der Waals surface area contributed by atoms with Crippen LogP contribution in [0.2, 0.25) is 0 Å². The number of aromatic nitrogens is 2. The van der Waals surface area contributed by atoms with Crippen LogP contribution in [0.4, 0.5) is 0 Å². The molecule has 0 aliphatic rings. The van der Waals surface area contributed by atoms with Crippen LogP contribution in [0, 0.1) is 13.8 Å². The second kappa shape index (κ2) is 9.24. The van der Waals surface area contributed by atoms with Crippen molar-refractivity contribution in [2.75, 3.05) is 13.7 Å². The number of carbonyl (C=O) groups excluding carboxylic acids is 1. The van der Waals surface area contributed by atoms with Crippen molar-refractivity contribution >= 4 is 12.0 Å². The summed E-state index contributed by atoms with van der Waals surface area (Å²) in [5, 5.41) is 4.66. The number of ether oxygens (including phenoxy) is 1. The molecule has 29 heavy (non-hydrogen) atoms. The predicted octanol–water partition coefficient (Wildman–Crippen LogP) is 4.56. The van der Waals surface area contributed by atoms with Gasteiger partial charge in [-0.3, -0.25) is 4.79 Å². The minimum absolute atomic E-state index is 0.0671. The Balaban J connectivity index is 1.75. The molecule has 0 bridgehead atoms. The minimum Gasteiger partial charge on any atom is -0.493 e. The number of benzene rings is 2. The van der Waals surface area contributed by atoms with Crippen molar-refractivity contribution in [2.24, 2.45) is 0 Å². The number of rotatable bonds is 7. The van der Waals surface area contributed by atoms with Gasteiger partial charge in [-0.05, 0) is 45.0 Å². The van der Waals surface area contributed by atoms with E-state index in [1.807, 2.05) is 80.1 Å². The number of para-hydroxylation sites is 2. The summed E-state index contributed by atoms with van der Waals surface area (Å²) in [7, 11) is 1.81. The van der Waals surface area contributed by atoms with Gasteiger partial charge in [0.05, 0.1) is 18.0 Å². The molecule has 5 nitrogen and oxygen atoms in total. The molecule has 0 fully saturated rings. The Morgan fingerprint density at radius 1 is 1.10 bits per heavy atom. The van der Waals surface area contributed by atoms with Crippen molar-refractivity contribution in [3.63, 3.8) is 0 Å². The van der Waals surface area contributed by atoms with Crippen LogP contribution in [-0.2, 0) is 11.3 Å². The summed E-state index contributed by atoms with van der Waals surface area (Å²) in [5.74, 6) is 0.708. The molecule has 150 valence electrons. The summed E-state index contributed by atoms with van der Waals surface area (Å²) in [6, 6.07) is 17.7. The minimum atomic E-state index is -0.0671. The van der Waals surface area contributed by atoms with E-state index < -0.39 is 0 Å². The van der Waals surface area contributed by atoms with Crippen molar-refractivity contribution < 1.29 is 9.53 Å². The highest BCUT2D eigenvalue weighted by atomic mass is 16.5. The van der Waals surface area contributed by atoms with E-state index in [4.69, 9.17) is 4.74 Å². The molecule has 0 unspecified atom stereocenters. The van der Waals surface area contributed by atoms with E-state index >= 15 is 0 Å². The molecule has 1 heterocycles. The first kappa shape index (κ1) is 20.4. The number of hydrogen-bond acceptors (Lipinski definition) is 3. The maximum Gasteiger partial charge on any atom is 0.246 e. The fourth-order valence-corrected chi connectivity index (χ4v) is 3.23. The molecule has 3 rings (SSSR count). The Kier molecular flexibility index (Phi) is 6.50. The van der Waals surface area contributed by atoms with Gasteiger partial charge in [0.25, 0.3) is 0 Å². The highest BCUT2D eigenvalue weighted by molar-refractivity contribution is 5.92. The third-order valence-electron chi connectivity index (χ3n) is 4.84. The Morgan fingerprint density at radius 2 is 1.79 bits per heavy atom. The van der Waals surface area contributed by atoms with Crippen LogP contribution in [-0.4, -0.2) is 34.2 Å². The molecule has 1 aromatic heterocycles. The van der Waals surface area contributed by atoms with Gasteiger partial charge in [0.15, 0.2) is 0 Å². The quantitative estimate of drug-likeness (QED) is 0.557. The summed E-state index contributed by atoms with van der Waals surface area (Å²) >= 11 is 0. The van der Waals surface area contributed by atoms with E-state index in [1.54, 1.807) is 24.1 Å². The molecule has 1 amide bonds. The normalized spacial score (nSPS) is 11.0. The molecule has 0 saturated carbocycles. The van der Waals surface area contributed by atoms with Crippen LogP contribution < -0.4 is 4.74 Å². The molecule has 2 aromatic carbocycles. The third kappa shape index (κ3) is 4.74. The zero-order valence-electron chi connectivity index (χ0n) is 17.4. The van der Waals surface area contributed by atoms with E-state index in [2.05, 4.69) is 5.10 Å². The van der Waals surface area contributed by atoms with Gasteiger partial charge in [0.2, 0.25) is 5.91 Å². The Bertz CT molecular complexity index is 1010. The number of aryl methyl sites for hydroxylation is 1. The van der Waals surface area contributed by atoms with E-state index in [1.165, 1.54) is 0 Å². The van der Waals surface area contributed by atoms with E-state index in [9.17, 15) is 4.79 Å². The topological polar surface area (TPSA) is 47.4 Å². The number of carbonyl (C=O) groups is 1. The summed E-state index contributed by atoms with van der Waals surface area (Å²) in [4.78, 5) is 14.4. The van der Waals surface area contributed by atoms with E-state index in [0.29, 0.717) is 13.2 Å². The van der Waals surface area contributed by atoms with Crippen molar-refractivity contribution in [3.05, 3.63) is 83.2 Å². The zero-order valence-corrected chi connectivity index (χ0v) is 17.4. The van der Waals surface area contributed by atoms with Crippen LogP contribution in [0.5, 0.6) is 5.75 Å². The summed E-state index contributed by atoms with van der Waals surface area (Å²) < 4.78 is 7.54. The fraction of sp³-hybridized carbons (Fsp3) is 0.250. The van der Waals surface area contributed by atoms with Crippen LogP contribution in [0.1, 0.15) is 29.4 Å². The van der Waals surface area contributed by atoms with Crippen molar-refractivity contribution in [3.8, 4) is 11.4 Å². The Labute approximate surface area is 172 Å². The van der Waals surface area contributed by atoms with Crippen molar-refractivity contribution in [1.82, 2.24) is 14.7 Å². The maximum absolute atomic E-state index is 12.7. The SMILES string of the molecule is CCOc1ccccc1/C=C/C(=O)N(C)Cc1c(C)nn(-c2ccccc2)c1C. The van der Waals surface area contributed by atoms with Crippen molar-refractivity contribution in [1.29, 1.82) is 0 Å². The lowest BCUT2D eigenvalue weighted by molar-refractivity contribution is -0.125. The summed E-state index contributed by atoms with van der Waals surface area (Å²) in [5.41, 5.74) is 4.93. The van der Waals surface area contributed by atoms with Crippen LogP contribution >= 0.6 is 0 Å². The molecule has 0 saturated heterocycles. The van der Waals surface area contributed by atoms with Gasteiger partial charge >= 0.3 is 0 Å². The number of hydrogen-bond donors (Lipinski definition) is 0. The lowest BCUT2D eigenvalue weighted by atomic mass is 10.1. The van der Waals surface area contributed by atoms with Gasteiger partial charge in [-0.15, -0.1) is 0 Å². The number of likely N-dealkylation sites (N-methyl/N-ethyl adjacent to an activating group) is 1. The second-order valence-corrected chi connectivity index (χ2v) is 6.90. The first-order valence-electron chi connectivity index (χ1n) is 9.76. The van der Waals surface area contributed by atoms with Gasteiger partial charge in [-0.1, -0.05) is 36.4 Å². The van der Waals surface area contributed by atoms with Gasteiger partial charge < -0.3 is 9.64 Å². The smallest absolute Gasteiger partial charge is 0.246 e. The lowest BCUT2D eigenvalue weighted by Gasteiger charge is -2.16. The number of amides is 1. The van der Waals surface area contributed by atoms with Gasteiger partial charge in [-0.2, -0.15) is 5.10 Å². The fourth-order valence-electron chi connectivity index (χ4n) is 3.23. The molecule has 0 atom stereocenters. The van der Waals surface area contributed by atoms with Crippen LogP contribution in [0.25, 0.3) is 11.8 Å². The Hall–Kier alpha value is -3.34. The first-order chi connectivity index (χ1) is 14.0. The third-order valence-corrected chi connectivity index (χ3v) is 4.84. The first-order valence-corrected chi connectivity index (χ1v) is 9.76. The van der Waals surface area contributed by atoms with E-state index in [0.717, 1.165) is 34.0 Å². The standard InChI is InChI=1S/C24H27N3O2/c1-5-29-23-14-10-9-11-20(23)15-16-24(28)26(4)17-22-18(2)25-27(19(22)3)21-12-7-6-8-13-21/h6-16H,5,17H2,1-4H3/b16-15+. The highest BCUT2D eigenvalue weighted by Gasteiger charge is 2.16. The van der Waals surface area contributed by atoms with Gasteiger partial charge in [0, 0.05) is 36.5 Å². The summed E-state index contributed by atoms with van der Waals surface area (Å²) in [6.45, 7) is 7.05. The molecule has 0 radical (unpaired) electrons. The maximum atomic E-state index is 12.7. The molecule has 5 heteroatoms. The molecule has 0 aliphatic carbocycles. The average molecular weight is 389 g/mol. The van der Waals surface area contributed by atoms with Gasteiger partial charge in [-0.25, -0.2) is 4.68 Å². The molecule has 0 N–H and O–H groups in total. The number of nitrogens with zero attached hydrogens (tertiary/aromatic N) is 3. The summed E-state index contributed by atoms with van der Waals surface area (Å²) in [6.07, 6.45) is 3.39. The van der Waals surface area contributed by atoms with E-state index in [-0.39, 0.29) is 5.91 Å². The van der Waals surface area contributed by atoms with Crippen LogP contribution in [0.15, 0.2) is 60.7 Å². The largest absolute Gasteiger partial charge is 0.493 e. The average Bonchev–Trinajstić information content (AvgIpc) is 3.02. The Morgan fingerprint density at radius 3 is 2.52 bits per heavy atom. The highest BCUT2D eigenvalue weighted by Crippen LogP contribution is 2.21. The molecular weight excluding hydrogens is 362 g/mol. The lowest BCUT2D eigenvalue weighted by Crippen LogP contribution is -2.24. The van der Waals surface area contributed by atoms with Crippen molar-refractivity contribution in [2.45, 2.75) is 27.3 Å². The molecular formula is C24H27N3O2. The monoisotopic (exact) mass is 389 g/mol. The second-order valence-electron chi connectivity index (χ2n) is 6.90. The molecule has 0 spiro atoms. The predicted molar refractivity (Wildman–Crippen MR) is 116 cm³/mol.